The molecule has 2 nitrogen and oxygen atoms in total. The summed E-state index contributed by atoms with van der Waals surface area (Å²) in [6.45, 7) is 7.94. The Kier molecular flexibility index (Phi) is 5.30. The van der Waals surface area contributed by atoms with E-state index in [1.165, 1.54) is 18.2 Å². The molecule has 0 saturated heterocycles. The van der Waals surface area contributed by atoms with Gasteiger partial charge in [0, 0.05) is 27.1 Å². The Morgan fingerprint density at radius 2 is 2.14 bits per heavy atom. The van der Waals surface area contributed by atoms with Gasteiger partial charge in [-0.3, -0.25) is 0 Å². The van der Waals surface area contributed by atoms with Crippen molar-refractivity contribution in [3.8, 4) is 0 Å². The highest BCUT2D eigenvalue weighted by Gasteiger charge is 2.41. The van der Waals surface area contributed by atoms with E-state index in [9.17, 15) is 8.78 Å². The van der Waals surface area contributed by atoms with E-state index in [0.29, 0.717) is 18.9 Å². The van der Waals surface area contributed by atoms with Gasteiger partial charge in [-0.2, -0.15) is 0 Å². The van der Waals surface area contributed by atoms with Crippen molar-refractivity contribution >= 4 is 19.7 Å². The fourth-order valence-corrected chi connectivity index (χ4v) is 3.34. The summed E-state index contributed by atoms with van der Waals surface area (Å²) in [6, 6.07) is 2.76. The van der Waals surface area contributed by atoms with Crippen LogP contribution in [0.1, 0.15) is 11.5 Å². The van der Waals surface area contributed by atoms with Gasteiger partial charge in [-0.15, -0.1) is 0 Å². The Labute approximate surface area is 136 Å². The molecule has 1 aliphatic carbocycles. The second-order valence-electron chi connectivity index (χ2n) is 6.83. The van der Waals surface area contributed by atoms with Gasteiger partial charge in [0.25, 0.3) is 0 Å². The van der Waals surface area contributed by atoms with Crippen LogP contribution in [0.2, 0.25) is 25.7 Å². The maximum Gasteiger partial charge on any atom is 0.215 e. The summed E-state index contributed by atoms with van der Waals surface area (Å²) in [6.07, 6.45) is 7.15. The molecular weight excluding hydrogens is 324 g/mol. The molecule has 0 aliphatic heterocycles. The topological polar surface area (TPSA) is 14.2 Å². The second-order valence-corrected chi connectivity index (χ2v) is 13.0. The quantitative estimate of drug-likeness (QED) is 0.392. The highest BCUT2D eigenvalue weighted by molar-refractivity contribution is 6.76. The fraction of sp³-hybridized carbons (Fsp3) is 0.500. The molecule has 1 aromatic heterocycles. The first kappa shape index (κ1) is 17.4. The Hall–Kier alpha value is -0.913. The van der Waals surface area contributed by atoms with Crippen molar-refractivity contribution in [1.29, 1.82) is 0 Å². The first-order valence-electron chi connectivity index (χ1n) is 7.35. The average molecular weight is 346 g/mol. The average Bonchev–Trinajstić information content (AvgIpc) is 2.80. The third kappa shape index (κ3) is 4.54. The molecule has 0 saturated carbocycles. The van der Waals surface area contributed by atoms with Gasteiger partial charge in [0.2, 0.25) is 5.13 Å². The van der Waals surface area contributed by atoms with Crippen LogP contribution in [0.3, 0.4) is 0 Å². The minimum Gasteiger partial charge on any atom is -0.361 e. The lowest BCUT2D eigenvalue weighted by molar-refractivity contribution is 0.0873. The maximum atomic E-state index is 14.3. The van der Waals surface area contributed by atoms with Crippen molar-refractivity contribution in [2.45, 2.75) is 43.5 Å². The number of alkyl halides is 2. The summed E-state index contributed by atoms with van der Waals surface area (Å²) < 4.78 is 35.6. The third-order valence-corrected chi connectivity index (χ3v) is 5.63. The van der Waals surface area contributed by atoms with E-state index in [0.717, 1.165) is 6.04 Å². The Morgan fingerprint density at radius 3 is 2.77 bits per heavy atom. The summed E-state index contributed by atoms with van der Waals surface area (Å²) in [5, 5.41) is -2.23. The lowest BCUT2D eigenvalue weighted by Crippen LogP contribution is -2.25. The molecule has 0 N–H and O–H groups in total. The number of halogens is 3. The molecule has 2 rings (SSSR count). The van der Waals surface area contributed by atoms with E-state index in [1.54, 1.807) is 23.0 Å². The zero-order valence-electron chi connectivity index (χ0n) is 13.2. The minimum absolute atomic E-state index is 0.375. The van der Waals surface area contributed by atoms with Gasteiger partial charge in [0.1, 0.15) is 12.6 Å². The molecule has 22 heavy (non-hydrogen) atoms. The van der Waals surface area contributed by atoms with Crippen LogP contribution in [-0.2, 0) is 11.5 Å². The molecule has 0 bridgehead atoms. The van der Waals surface area contributed by atoms with Crippen molar-refractivity contribution < 1.29 is 13.5 Å². The summed E-state index contributed by atoms with van der Waals surface area (Å²) >= 11 is 5.78. The van der Waals surface area contributed by atoms with Gasteiger partial charge < -0.3 is 9.30 Å². The van der Waals surface area contributed by atoms with Crippen LogP contribution in [0.4, 0.5) is 8.78 Å². The molecule has 0 aromatic carbocycles. The predicted octanol–water partition coefficient (Wildman–Crippen LogP) is 5.21. The van der Waals surface area contributed by atoms with E-state index >= 15 is 0 Å². The van der Waals surface area contributed by atoms with Gasteiger partial charge in [-0.1, -0.05) is 37.3 Å². The second kappa shape index (κ2) is 6.68. The van der Waals surface area contributed by atoms with Crippen LogP contribution in [0.15, 0.2) is 42.5 Å². The monoisotopic (exact) mass is 345 g/mol. The van der Waals surface area contributed by atoms with Crippen LogP contribution >= 0.6 is 11.6 Å². The molecule has 122 valence electrons. The molecule has 0 spiro atoms. The van der Waals surface area contributed by atoms with Crippen LogP contribution in [0.5, 0.6) is 0 Å². The highest BCUT2D eigenvalue weighted by Crippen LogP contribution is 2.44. The van der Waals surface area contributed by atoms with Crippen LogP contribution < -0.4 is 0 Å². The smallest absolute Gasteiger partial charge is 0.215 e. The van der Waals surface area contributed by atoms with Gasteiger partial charge in [-0.05, 0) is 29.8 Å². The molecule has 0 fully saturated rings. The number of aromatic nitrogens is 1. The number of ether oxygens (including phenoxy) is 1. The number of hydrogen-bond donors (Lipinski definition) is 0. The Morgan fingerprint density at radius 1 is 1.41 bits per heavy atom. The number of nitrogens with zero attached hydrogens (tertiary/aromatic N) is 1. The lowest BCUT2D eigenvalue weighted by atomic mass is 9.91. The van der Waals surface area contributed by atoms with Gasteiger partial charge in [0.05, 0.1) is 5.92 Å². The minimum atomic E-state index is -2.23. The van der Waals surface area contributed by atoms with Crippen molar-refractivity contribution in [2.24, 2.45) is 0 Å². The van der Waals surface area contributed by atoms with E-state index in [1.807, 2.05) is 0 Å². The summed E-state index contributed by atoms with van der Waals surface area (Å²) in [7, 11) is -1.11. The Balaban J connectivity index is 1.97. The van der Waals surface area contributed by atoms with E-state index in [-0.39, 0.29) is 0 Å². The molecule has 2 atom stereocenters. The summed E-state index contributed by atoms with van der Waals surface area (Å²) in [4.78, 5) is 0. The lowest BCUT2D eigenvalue weighted by Gasteiger charge is -2.26. The van der Waals surface area contributed by atoms with Crippen LogP contribution in [-0.4, -0.2) is 24.4 Å². The van der Waals surface area contributed by atoms with E-state index < -0.39 is 24.9 Å². The fourth-order valence-electron chi connectivity index (χ4n) is 2.28. The van der Waals surface area contributed by atoms with Gasteiger partial charge >= 0.3 is 0 Å². The number of rotatable bonds is 6. The van der Waals surface area contributed by atoms with Crippen molar-refractivity contribution in [3.63, 3.8) is 0 Å². The summed E-state index contributed by atoms with van der Waals surface area (Å²) in [5.41, 5.74) is 0.504. The molecule has 1 heterocycles. The zero-order chi connectivity index (χ0) is 16.4. The number of hydrogen-bond acceptors (Lipinski definition) is 1. The first-order valence-corrected chi connectivity index (χ1v) is 11.4. The van der Waals surface area contributed by atoms with Crippen LogP contribution in [0.25, 0.3) is 0 Å². The van der Waals surface area contributed by atoms with Gasteiger partial charge in [0.15, 0.2) is 0 Å². The molecule has 0 amide bonds. The van der Waals surface area contributed by atoms with Crippen molar-refractivity contribution in [3.05, 3.63) is 48.1 Å². The first-order chi connectivity index (χ1) is 10.2. The SMILES string of the molecule is C[Si](C)(C)CCOCn1ccc(C2C(F)=CC=CC2(F)Cl)c1. The van der Waals surface area contributed by atoms with Crippen molar-refractivity contribution in [1.82, 2.24) is 4.57 Å². The highest BCUT2D eigenvalue weighted by atomic mass is 35.5. The molecule has 0 radical (unpaired) electrons. The van der Waals surface area contributed by atoms with Crippen molar-refractivity contribution in [2.75, 3.05) is 6.61 Å². The largest absolute Gasteiger partial charge is 0.361 e. The molecule has 2 unspecified atom stereocenters. The number of allylic oxidation sites excluding steroid dienone is 4. The summed E-state index contributed by atoms with van der Waals surface area (Å²) in [5.74, 6) is -1.68. The molecule has 1 aromatic rings. The molecular formula is C16H22ClF2NOSi. The maximum absolute atomic E-state index is 14.3. The predicted molar refractivity (Wildman–Crippen MR) is 89.3 cm³/mol. The standard InChI is InChI=1S/C16H22ClF2NOSi/c1-22(2,3)10-9-21-12-20-8-6-13(11-20)15-14(18)5-4-7-16(15,17)19/h4-8,11,15H,9-10,12H2,1-3H3. The normalized spacial score (nSPS) is 25.4. The third-order valence-electron chi connectivity index (χ3n) is 3.58. The van der Waals surface area contributed by atoms with E-state index in [2.05, 4.69) is 19.6 Å². The van der Waals surface area contributed by atoms with Gasteiger partial charge in [-0.25, -0.2) is 8.78 Å². The molecule has 1 aliphatic rings. The zero-order valence-corrected chi connectivity index (χ0v) is 14.9. The van der Waals surface area contributed by atoms with Crippen LogP contribution in [0, 0.1) is 0 Å². The Bertz CT molecular complexity index is 575. The molecule has 6 heteroatoms. The van der Waals surface area contributed by atoms with E-state index in [4.69, 9.17) is 16.3 Å².